The third-order valence-electron chi connectivity index (χ3n) is 23.8. The number of hydrogen-bond donors (Lipinski definition) is 11. The number of phenolic OH excluding ortho intramolecular Hbond substituents is 1. The number of carbonyl (C=O) groups excluding carboxylic acids is 10. The van der Waals surface area contributed by atoms with Crippen molar-refractivity contribution in [3.8, 4) is 17.6 Å². The molecule has 2 saturated carbocycles. The molecule has 5 aromatic carbocycles. The Labute approximate surface area is 677 Å². The van der Waals surface area contributed by atoms with Gasteiger partial charge in [0.2, 0.25) is 47.3 Å². The maximum atomic E-state index is 14.9. The first-order valence-corrected chi connectivity index (χ1v) is 40.5. The molecule has 28 nitrogen and oxygen atoms in total. The fourth-order valence-electron chi connectivity index (χ4n) is 17.6. The minimum Gasteiger partial charge on any atom is -0.508 e. The number of aliphatic carboxylic acids is 1. The van der Waals surface area contributed by atoms with Gasteiger partial charge in [-0.15, -0.1) is 0 Å². The van der Waals surface area contributed by atoms with E-state index in [0.717, 1.165) is 65.5 Å². The number of benzene rings is 5. The van der Waals surface area contributed by atoms with Crippen molar-refractivity contribution in [3.05, 3.63) is 154 Å². The van der Waals surface area contributed by atoms with E-state index < -0.39 is 88.4 Å². The number of ether oxygens (including phenoxy) is 5. The Kier molecular flexibility index (Phi) is 30.8. The first-order valence-electron chi connectivity index (χ1n) is 40.5. The minimum absolute atomic E-state index is 0.0214. The predicted molar refractivity (Wildman–Crippen MR) is 433 cm³/mol. The number of phenols is 1. The third kappa shape index (κ3) is 22.7. The summed E-state index contributed by atoms with van der Waals surface area (Å²) in [7, 11) is 0. The highest BCUT2D eigenvalue weighted by molar-refractivity contribution is 6.02. The molecule has 0 spiro atoms. The molecule has 0 aromatic heterocycles. The van der Waals surface area contributed by atoms with Gasteiger partial charge in [0.25, 0.3) is 0 Å². The van der Waals surface area contributed by atoms with E-state index >= 15 is 0 Å². The van der Waals surface area contributed by atoms with Crippen molar-refractivity contribution in [2.24, 2.45) is 34.3 Å². The van der Waals surface area contributed by atoms with Crippen LogP contribution in [-0.2, 0) is 104 Å². The summed E-state index contributed by atoms with van der Waals surface area (Å²) in [4.78, 5) is 149. The molecule has 10 rings (SSSR count). The lowest BCUT2D eigenvalue weighted by Gasteiger charge is -2.56. The Balaban J connectivity index is 0.617. The van der Waals surface area contributed by atoms with Gasteiger partial charge in [0.05, 0.1) is 75.9 Å². The topological polar surface area (TPSA) is 400 Å². The van der Waals surface area contributed by atoms with Crippen molar-refractivity contribution in [1.29, 1.82) is 0 Å². The molecular formula is C88H112N10O18. The monoisotopic (exact) mass is 1600 g/mol. The van der Waals surface area contributed by atoms with Gasteiger partial charge in [0, 0.05) is 61.3 Å². The van der Waals surface area contributed by atoms with Crippen LogP contribution in [-0.4, -0.2) is 160 Å². The van der Waals surface area contributed by atoms with Gasteiger partial charge >= 0.3 is 18.1 Å². The number of nitrogens with two attached hydrogens (primary N) is 1. The van der Waals surface area contributed by atoms with Crippen LogP contribution < -0.4 is 53.2 Å². The number of carbonyl (C=O) groups is 11. The number of nitrogens with one attached hydrogen (secondary N) is 8. The van der Waals surface area contributed by atoms with Gasteiger partial charge in [-0.25, -0.2) is 9.59 Å². The van der Waals surface area contributed by atoms with E-state index in [-0.39, 0.29) is 151 Å². The lowest BCUT2D eigenvalue weighted by atomic mass is 9.49. The summed E-state index contributed by atoms with van der Waals surface area (Å²) in [5.74, 6) is 1.42. The van der Waals surface area contributed by atoms with E-state index in [4.69, 9.17) is 29.4 Å². The maximum absolute atomic E-state index is 14.9. The van der Waals surface area contributed by atoms with E-state index in [1.165, 1.54) is 5.56 Å². The second-order valence-electron chi connectivity index (χ2n) is 32.2. The number of carboxylic acids is 1. The summed E-state index contributed by atoms with van der Waals surface area (Å²) in [5.41, 5.74) is 11.4. The minimum atomic E-state index is -1.34. The third-order valence-corrected chi connectivity index (χ3v) is 23.8. The number of rotatable bonds is 38. The number of carboxylic acid groups (broad SMARTS) is 1. The number of aromatic hydroxyl groups is 1. The normalized spacial score (nSPS) is 20.9. The van der Waals surface area contributed by atoms with Crippen molar-refractivity contribution < 1.29 is 86.6 Å². The lowest BCUT2D eigenvalue weighted by Crippen LogP contribution is -2.60. The molecule has 0 bridgehead atoms. The van der Waals surface area contributed by atoms with Crippen LogP contribution in [0.2, 0.25) is 0 Å². The zero-order valence-corrected chi connectivity index (χ0v) is 67.3. The van der Waals surface area contributed by atoms with E-state index in [9.17, 15) is 63.0 Å². The highest BCUT2D eigenvalue weighted by atomic mass is 16.6. The molecule has 9 atom stereocenters. The number of para-hydroxylation sites is 1. The van der Waals surface area contributed by atoms with Crippen LogP contribution in [0.15, 0.2) is 109 Å². The molecule has 1 aliphatic heterocycles. The number of fused-ring (bicyclic) bond motifs is 8. The molecule has 5 aliphatic rings. The molecule has 0 saturated heterocycles. The van der Waals surface area contributed by atoms with Gasteiger partial charge in [0.15, 0.2) is 0 Å². The summed E-state index contributed by atoms with van der Waals surface area (Å²) in [6, 6.07) is 28.3. The Bertz CT molecular complexity index is 4450. The van der Waals surface area contributed by atoms with Crippen molar-refractivity contribution in [2.45, 2.75) is 193 Å². The van der Waals surface area contributed by atoms with Gasteiger partial charge in [0.1, 0.15) is 30.5 Å². The Morgan fingerprint density at radius 3 is 1.74 bits per heavy atom. The van der Waals surface area contributed by atoms with Gasteiger partial charge in [-0.3, -0.25) is 48.5 Å². The molecule has 1 heterocycles. The Morgan fingerprint density at radius 2 is 1.11 bits per heavy atom. The molecule has 4 aliphatic carbocycles. The molecule has 116 heavy (non-hydrogen) atoms. The number of urea groups is 1. The van der Waals surface area contributed by atoms with Crippen LogP contribution in [0.4, 0.5) is 26.7 Å². The van der Waals surface area contributed by atoms with Crippen LogP contribution in [0.5, 0.6) is 5.75 Å². The number of hydrogen-bond acceptors (Lipinski definition) is 17. The fraction of sp³-hybridized carbons (Fsp3) is 0.511. The summed E-state index contributed by atoms with van der Waals surface area (Å²) >= 11 is 0. The van der Waals surface area contributed by atoms with Crippen LogP contribution in [0, 0.1) is 40.4 Å². The molecule has 2 fully saturated rings. The average molecular weight is 1600 g/mol. The van der Waals surface area contributed by atoms with E-state index in [0.29, 0.717) is 67.9 Å². The standard InChI is InChI=1S/C88H112N10O18/c1-56(2)77(96-74(101)37-44-112-46-48-114-50-51-115-49-47-113-45-43-90-73(100)34-35-75(102)98-54-62-16-8-7-14-58(62)21-22-61-15-9-10-18-70(61)98)80(107)94-68(17-11-42-91-83(89)110)78(105)92-63-27-19-57(20-28-63)55-116-84(111)95-69(31-36-76(103)104)79(106)93-64-29-23-59-25-32-71-85(3,66(59)52-64)38-12-40-87(71,5)81(108)97-82(109)88(6)41-13-39-86(4)67-53-65(99)30-24-60(67)26-33-72(86)88/h7-10,14-16,18-20,23-24,27-30,52-53,56,68-69,71-72,77,99H,11-13,17,25-26,31-51,54-55H2,1-6H3,(H,90,100)(H,92,105)(H,93,106)(H,94,107)(H,95,111)(H,96,101)(H,103,104)(H3,89,91,110)(H,97,108,109)/t68-,69-,71+,72+,77-,85+,86+,87-,88-/m0/s1. The number of primary amides is 1. The second kappa shape index (κ2) is 40.7. The second-order valence-corrected chi connectivity index (χ2v) is 32.2. The zero-order valence-electron chi connectivity index (χ0n) is 67.3. The van der Waals surface area contributed by atoms with Gasteiger partial charge in [-0.2, -0.15) is 0 Å². The fourth-order valence-corrected chi connectivity index (χ4v) is 17.6. The molecule has 622 valence electrons. The summed E-state index contributed by atoms with van der Waals surface area (Å²) in [6.45, 7) is 14.1. The summed E-state index contributed by atoms with van der Waals surface area (Å²) in [5, 5.41) is 42.2. The van der Waals surface area contributed by atoms with Crippen molar-refractivity contribution in [2.75, 3.05) is 81.5 Å². The Hall–Kier alpha value is -10.7. The lowest BCUT2D eigenvalue weighted by molar-refractivity contribution is -0.150. The largest absolute Gasteiger partial charge is 0.508 e. The first-order chi connectivity index (χ1) is 55.6. The average Bonchev–Trinajstić information content (AvgIpc) is 0.721. The van der Waals surface area contributed by atoms with Crippen molar-refractivity contribution >= 4 is 82.4 Å². The molecule has 0 radical (unpaired) electrons. The quantitative estimate of drug-likeness (QED) is 0.00996. The Morgan fingerprint density at radius 1 is 0.552 bits per heavy atom. The molecular weight excluding hydrogens is 1490 g/mol. The maximum Gasteiger partial charge on any atom is 0.408 e. The predicted octanol–water partition coefficient (Wildman–Crippen LogP) is 9.17. The van der Waals surface area contributed by atoms with Gasteiger partial charge < -0.3 is 81.7 Å². The van der Waals surface area contributed by atoms with Crippen LogP contribution in [0.3, 0.4) is 0 Å². The van der Waals surface area contributed by atoms with Crippen LogP contribution >= 0.6 is 0 Å². The highest BCUT2D eigenvalue weighted by Gasteiger charge is 2.59. The first kappa shape index (κ1) is 87.7. The highest BCUT2D eigenvalue weighted by Crippen LogP contribution is 2.60. The summed E-state index contributed by atoms with van der Waals surface area (Å²) in [6.07, 6.45) is 5.86. The van der Waals surface area contributed by atoms with Gasteiger partial charge in [-0.05, 0) is 187 Å². The number of imide groups is 1. The molecule has 5 aromatic rings. The van der Waals surface area contributed by atoms with Gasteiger partial charge in [-0.1, -0.05) is 121 Å². The van der Waals surface area contributed by atoms with Crippen molar-refractivity contribution in [3.63, 3.8) is 0 Å². The van der Waals surface area contributed by atoms with E-state index in [2.05, 4.69) is 68.2 Å². The van der Waals surface area contributed by atoms with Crippen LogP contribution in [0.1, 0.15) is 182 Å². The number of alkyl carbamates (subject to hydrolysis) is 1. The molecule has 28 heteroatoms. The number of aryl methyl sites for hydroxylation is 2. The van der Waals surface area contributed by atoms with Crippen molar-refractivity contribution in [1.82, 2.24) is 31.9 Å². The van der Waals surface area contributed by atoms with E-state index in [1.807, 2.05) is 86.6 Å². The molecule has 0 unspecified atom stereocenters. The smallest absolute Gasteiger partial charge is 0.408 e. The number of amides is 11. The molecule has 12 N–H and O–H groups in total. The van der Waals surface area contributed by atoms with E-state index in [1.54, 1.807) is 55.1 Å². The summed E-state index contributed by atoms with van der Waals surface area (Å²) < 4.78 is 27.9. The molecule has 11 amide bonds. The van der Waals surface area contributed by atoms with Crippen LogP contribution in [0.25, 0.3) is 0 Å². The SMILES string of the molecule is CC(C)[C@H](NC(=O)CCOCCOCCOCCOCCNC(=O)CCC(=O)N1Cc2ccccc2C#Cc2ccccc21)C(=O)N[C@@H](CCCNC(N)=O)C(=O)Nc1ccc(COC(=O)N[C@@H](CCC(=O)O)C(=O)Nc2ccc3c(c2)[C@@]2(C)CCC[C@](C)(C(=O)NC(=O)[C@@]4(C)CCC[C@]5(C)c6cc(O)ccc6CC[C@@H]45)[C@@H]2CC3)cc1. The number of nitrogens with zero attached hydrogens (tertiary/aromatic N) is 1. The zero-order chi connectivity index (χ0) is 83.2. The number of anilines is 3.